The summed E-state index contributed by atoms with van der Waals surface area (Å²) < 4.78 is 50.9. The Bertz CT molecular complexity index is 1320. The molecule has 0 radical (unpaired) electrons. The topological polar surface area (TPSA) is 55.4 Å². The SMILES string of the molecule is COCCCN1CCOc2ccc(COC3CNCCC3c3ccc(OC4CN(c5cc(F)cc(F)c5)C4)cc3)cc21. The van der Waals surface area contributed by atoms with Crippen molar-refractivity contribution in [1.82, 2.24) is 5.32 Å². The first-order valence-corrected chi connectivity index (χ1v) is 14.9. The number of benzene rings is 3. The van der Waals surface area contributed by atoms with Gasteiger partial charge in [-0.2, -0.15) is 0 Å². The third-order valence-electron chi connectivity index (χ3n) is 8.32. The first kappa shape index (κ1) is 28.7. The van der Waals surface area contributed by atoms with E-state index in [0.717, 1.165) is 74.4 Å². The molecule has 0 saturated carbocycles. The molecule has 0 aromatic heterocycles. The Morgan fingerprint density at radius 3 is 2.60 bits per heavy atom. The molecule has 3 aliphatic rings. The molecule has 3 aliphatic heterocycles. The predicted molar refractivity (Wildman–Crippen MR) is 159 cm³/mol. The third kappa shape index (κ3) is 6.80. The van der Waals surface area contributed by atoms with E-state index in [2.05, 4.69) is 40.5 Å². The maximum Gasteiger partial charge on any atom is 0.142 e. The molecule has 0 bridgehead atoms. The second kappa shape index (κ2) is 13.3. The molecule has 0 amide bonds. The Kier molecular flexibility index (Phi) is 9.07. The zero-order chi connectivity index (χ0) is 28.9. The number of halogens is 2. The van der Waals surface area contributed by atoms with Crippen LogP contribution in [0.5, 0.6) is 11.5 Å². The van der Waals surface area contributed by atoms with Crippen LogP contribution in [-0.2, 0) is 16.1 Å². The predicted octanol–water partition coefficient (Wildman–Crippen LogP) is 5.13. The van der Waals surface area contributed by atoms with Crippen molar-refractivity contribution < 1.29 is 27.7 Å². The van der Waals surface area contributed by atoms with E-state index in [1.54, 1.807) is 7.11 Å². The highest BCUT2D eigenvalue weighted by Gasteiger charge is 2.30. The first-order valence-electron chi connectivity index (χ1n) is 14.9. The molecule has 2 atom stereocenters. The van der Waals surface area contributed by atoms with E-state index in [9.17, 15) is 8.78 Å². The minimum atomic E-state index is -0.567. The zero-order valence-corrected chi connectivity index (χ0v) is 24.1. The number of methoxy groups -OCH3 is 1. The van der Waals surface area contributed by atoms with E-state index in [-0.39, 0.29) is 18.1 Å². The molecule has 6 rings (SSSR count). The van der Waals surface area contributed by atoms with Gasteiger partial charge in [-0.05, 0) is 66.9 Å². The van der Waals surface area contributed by atoms with Crippen molar-refractivity contribution in [3.05, 3.63) is 83.4 Å². The highest BCUT2D eigenvalue weighted by molar-refractivity contribution is 5.61. The van der Waals surface area contributed by atoms with Gasteiger partial charge >= 0.3 is 0 Å². The van der Waals surface area contributed by atoms with Gasteiger partial charge in [-0.25, -0.2) is 8.78 Å². The van der Waals surface area contributed by atoms with Crippen molar-refractivity contribution in [3.8, 4) is 11.5 Å². The minimum Gasteiger partial charge on any atom is -0.490 e. The molecule has 42 heavy (non-hydrogen) atoms. The van der Waals surface area contributed by atoms with Crippen LogP contribution < -0.4 is 24.6 Å². The van der Waals surface area contributed by atoms with Crippen molar-refractivity contribution in [2.75, 3.05) is 69.4 Å². The molecule has 9 heteroatoms. The molecular weight excluding hydrogens is 540 g/mol. The molecule has 2 fully saturated rings. The number of hydrogen-bond acceptors (Lipinski definition) is 7. The van der Waals surface area contributed by atoms with Crippen LogP contribution in [0.25, 0.3) is 0 Å². The summed E-state index contributed by atoms with van der Waals surface area (Å²) in [5.41, 5.74) is 4.05. The lowest BCUT2D eigenvalue weighted by Gasteiger charge is -2.40. The van der Waals surface area contributed by atoms with Gasteiger partial charge in [0.1, 0.15) is 35.8 Å². The summed E-state index contributed by atoms with van der Waals surface area (Å²) in [6.07, 6.45) is 2.01. The normalized spacial score (nSPS) is 20.5. The van der Waals surface area contributed by atoms with Gasteiger partial charge in [-0.15, -0.1) is 0 Å². The number of piperidine rings is 1. The van der Waals surface area contributed by atoms with Gasteiger partial charge in [-0.1, -0.05) is 18.2 Å². The summed E-state index contributed by atoms with van der Waals surface area (Å²) in [4.78, 5) is 4.29. The Balaban J connectivity index is 1.03. The molecule has 3 aromatic carbocycles. The van der Waals surface area contributed by atoms with E-state index in [1.165, 1.54) is 17.7 Å². The third-order valence-corrected chi connectivity index (χ3v) is 8.32. The smallest absolute Gasteiger partial charge is 0.142 e. The number of hydrogen-bond donors (Lipinski definition) is 1. The second-order valence-electron chi connectivity index (χ2n) is 11.3. The van der Waals surface area contributed by atoms with E-state index in [0.29, 0.717) is 32.0 Å². The van der Waals surface area contributed by atoms with Crippen LogP contribution in [0, 0.1) is 11.6 Å². The fourth-order valence-corrected chi connectivity index (χ4v) is 6.06. The number of anilines is 2. The van der Waals surface area contributed by atoms with Crippen LogP contribution in [0.15, 0.2) is 60.7 Å². The Morgan fingerprint density at radius 2 is 1.81 bits per heavy atom. The van der Waals surface area contributed by atoms with E-state index in [1.807, 2.05) is 17.0 Å². The molecule has 7 nitrogen and oxygen atoms in total. The molecule has 0 aliphatic carbocycles. The zero-order valence-electron chi connectivity index (χ0n) is 24.1. The maximum absolute atomic E-state index is 13.5. The van der Waals surface area contributed by atoms with E-state index < -0.39 is 11.6 Å². The lowest BCUT2D eigenvalue weighted by molar-refractivity contribution is 0.0106. The van der Waals surface area contributed by atoms with E-state index in [4.69, 9.17) is 18.9 Å². The van der Waals surface area contributed by atoms with Crippen LogP contribution in [0.2, 0.25) is 0 Å². The average molecular weight is 580 g/mol. The average Bonchev–Trinajstić information content (AvgIpc) is 2.98. The van der Waals surface area contributed by atoms with Crippen LogP contribution in [-0.4, -0.2) is 71.8 Å². The van der Waals surface area contributed by atoms with Gasteiger partial charge in [0, 0.05) is 44.5 Å². The molecule has 2 saturated heterocycles. The van der Waals surface area contributed by atoms with Crippen LogP contribution in [0.4, 0.5) is 20.2 Å². The lowest BCUT2D eigenvalue weighted by Crippen LogP contribution is -2.54. The molecule has 0 spiro atoms. The van der Waals surface area contributed by atoms with E-state index >= 15 is 0 Å². The minimum absolute atomic E-state index is 0.0185. The fourth-order valence-electron chi connectivity index (χ4n) is 6.06. The second-order valence-corrected chi connectivity index (χ2v) is 11.3. The molecular formula is C33H39F2N3O4. The Morgan fingerprint density at radius 1 is 1.00 bits per heavy atom. The van der Waals surface area contributed by atoms with Crippen LogP contribution in [0.1, 0.15) is 29.9 Å². The number of rotatable bonds is 11. The molecule has 2 unspecified atom stereocenters. The summed E-state index contributed by atoms with van der Waals surface area (Å²) in [7, 11) is 1.74. The molecule has 3 aromatic rings. The number of fused-ring (bicyclic) bond motifs is 1. The maximum atomic E-state index is 13.5. The number of ether oxygens (including phenoxy) is 4. The summed E-state index contributed by atoms with van der Waals surface area (Å²) in [5.74, 6) is 0.880. The number of nitrogens with zero attached hydrogens (tertiary/aromatic N) is 2. The molecule has 1 N–H and O–H groups in total. The first-order chi connectivity index (χ1) is 20.6. The van der Waals surface area contributed by atoms with Gasteiger partial charge in [-0.3, -0.25) is 0 Å². The standard InChI is InChI=1S/C33H39F2N3O4/c1-39-13-2-11-37-12-14-40-32-8-3-23(15-31(32)37)22-41-33-19-36-10-9-30(33)24-4-6-28(7-5-24)42-29-20-38(21-29)27-17-25(34)16-26(35)18-27/h3-8,15-18,29-30,33,36H,2,9-14,19-22H2,1H3. The van der Waals surface area contributed by atoms with Crippen molar-refractivity contribution in [3.63, 3.8) is 0 Å². The van der Waals surface area contributed by atoms with Crippen molar-refractivity contribution in [1.29, 1.82) is 0 Å². The van der Waals surface area contributed by atoms with Crippen molar-refractivity contribution in [2.24, 2.45) is 0 Å². The molecule has 224 valence electrons. The van der Waals surface area contributed by atoms with Gasteiger partial charge in [0.2, 0.25) is 0 Å². The van der Waals surface area contributed by atoms with Gasteiger partial charge in [0.05, 0.1) is 38.0 Å². The Labute approximate surface area is 246 Å². The monoisotopic (exact) mass is 579 g/mol. The van der Waals surface area contributed by atoms with Crippen molar-refractivity contribution in [2.45, 2.75) is 37.6 Å². The fraction of sp³-hybridized carbons (Fsp3) is 0.455. The largest absolute Gasteiger partial charge is 0.490 e. The van der Waals surface area contributed by atoms with Gasteiger partial charge in [0.15, 0.2) is 0 Å². The quantitative estimate of drug-likeness (QED) is 0.316. The Hall–Kier alpha value is -3.40. The summed E-state index contributed by atoms with van der Waals surface area (Å²) in [5, 5.41) is 3.49. The summed E-state index contributed by atoms with van der Waals surface area (Å²) in [6.45, 7) is 6.74. The van der Waals surface area contributed by atoms with Crippen LogP contribution in [0.3, 0.4) is 0 Å². The van der Waals surface area contributed by atoms with Crippen LogP contribution >= 0.6 is 0 Å². The lowest BCUT2D eigenvalue weighted by atomic mass is 9.87. The van der Waals surface area contributed by atoms with Gasteiger partial charge in [0.25, 0.3) is 0 Å². The number of nitrogens with one attached hydrogen (secondary N) is 1. The van der Waals surface area contributed by atoms with Gasteiger partial charge < -0.3 is 34.1 Å². The highest BCUT2D eigenvalue weighted by atomic mass is 19.1. The summed E-state index contributed by atoms with van der Waals surface area (Å²) >= 11 is 0. The van der Waals surface area contributed by atoms with Crippen molar-refractivity contribution >= 4 is 11.4 Å². The summed E-state index contributed by atoms with van der Waals surface area (Å²) in [6, 6.07) is 18.2. The molecule has 3 heterocycles. The highest BCUT2D eigenvalue weighted by Crippen LogP contribution is 2.34.